The smallest absolute Gasteiger partial charge is 0.340 e. The molecule has 1 aromatic heterocycles. The van der Waals surface area contributed by atoms with Crippen molar-refractivity contribution < 1.29 is 14.3 Å². The molecule has 2 aromatic rings. The molecule has 0 saturated carbocycles. The summed E-state index contributed by atoms with van der Waals surface area (Å²) in [5.41, 5.74) is 5.20. The second-order valence-electron chi connectivity index (χ2n) is 4.77. The molecule has 0 fully saturated rings. The van der Waals surface area contributed by atoms with E-state index in [9.17, 15) is 9.59 Å². The number of nitrogens with zero attached hydrogens (tertiary/aromatic N) is 1. The molecule has 116 valence electrons. The maximum atomic E-state index is 12.0. The fraction of sp³-hybridized carbons (Fsp3) is 0.250. The van der Waals surface area contributed by atoms with Gasteiger partial charge in [0.15, 0.2) is 0 Å². The third kappa shape index (κ3) is 3.46. The zero-order chi connectivity index (χ0) is 16.1. The second-order valence-corrected chi connectivity index (χ2v) is 4.77. The maximum absolute atomic E-state index is 12.0. The number of rotatable bonds is 4. The lowest BCUT2D eigenvalue weighted by molar-refractivity contribution is 0.0525. The van der Waals surface area contributed by atoms with Gasteiger partial charge in [-0.05, 0) is 39.0 Å². The minimum Gasteiger partial charge on any atom is -0.462 e. The number of para-hydroxylation sites is 1. The van der Waals surface area contributed by atoms with Crippen LogP contribution >= 0.6 is 0 Å². The number of benzene rings is 1. The van der Waals surface area contributed by atoms with Gasteiger partial charge >= 0.3 is 12.0 Å². The number of aryl methyl sites for hydroxylation is 1. The van der Waals surface area contributed by atoms with Crippen LogP contribution in [0.4, 0.5) is 10.5 Å². The van der Waals surface area contributed by atoms with Crippen LogP contribution in [-0.2, 0) is 4.74 Å². The third-order valence-corrected chi connectivity index (χ3v) is 3.17. The number of ether oxygens (including phenoxy) is 1. The molecule has 0 saturated heterocycles. The molecular formula is C16H19N3O3. The number of esters is 1. The standard InChI is InChI=1S/C16H19N3O3/c1-4-22-15(20)14-10-11(2)19(12(14)3)18-16(21)17-13-8-6-5-7-9-13/h5-10H,4H2,1-3H3,(H2,17,18,21). The molecule has 22 heavy (non-hydrogen) atoms. The van der Waals surface area contributed by atoms with Crippen LogP contribution in [0.15, 0.2) is 36.4 Å². The van der Waals surface area contributed by atoms with Crippen molar-refractivity contribution in [3.05, 3.63) is 53.3 Å². The highest BCUT2D eigenvalue weighted by Gasteiger charge is 2.17. The average Bonchev–Trinajstić information content (AvgIpc) is 2.77. The summed E-state index contributed by atoms with van der Waals surface area (Å²) in [5.74, 6) is -0.396. The molecule has 0 radical (unpaired) electrons. The monoisotopic (exact) mass is 301 g/mol. The van der Waals surface area contributed by atoms with Gasteiger partial charge in [0.2, 0.25) is 0 Å². The van der Waals surface area contributed by atoms with Gasteiger partial charge in [-0.25, -0.2) is 15.0 Å². The zero-order valence-electron chi connectivity index (χ0n) is 12.8. The van der Waals surface area contributed by atoms with E-state index >= 15 is 0 Å². The molecule has 0 aliphatic carbocycles. The number of urea groups is 1. The second kappa shape index (κ2) is 6.80. The molecular weight excluding hydrogens is 282 g/mol. The lowest BCUT2D eigenvalue weighted by atomic mass is 10.2. The summed E-state index contributed by atoms with van der Waals surface area (Å²) >= 11 is 0. The SMILES string of the molecule is CCOC(=O)c1cc(C)n(NC(=O)Nc2ccccc2)c1C. The van der Waals surface area contributed by atoms with Gasteiger partial charge in [0.05, 0.1) is 17.9 Å². The van der Waals surface area contributed by atoms with Crippen LogP contribution in [0.3, 0.4) is 0 Å². The van der Waals surface area contributed by atoms with Gasteiger partial charge in [-0.15, -0.1) is 0 Å². The first-order valence-corrected chi connectivity index (χ1v) is 7.02. The number of carbonyl (C=O) groups is 2. The topological polar surface area (TPSA) is 72.4 Å². The third-order valence-electron chi connectivity index (χ3n) is 3.17. The molecule has 1 heterocycles. The quantitative estimate of drug-likeness (QED) is 0.852. The molecule has 0 unspecified atom stereocenters. The molecule has 6 heteroatoms. The summed E-state index contributed by atoms with van der Waals surface area (Å²) in [6, 6.07) is 10.4. The Kier molecular flexibility index (Phi) is 4.83. The Hall–Kier alpha value is -2.76. The summed E-state index contributed by atoms with van der Waals surface area (Å²) in [7, 11) is 0. The summed E-state index contributed by atoms with van der Waals surface area (Å²) in [5, 5.41) is 2.72. The van der Waals surface area contributed by atoms with Crippen molar-refractivity contribution in [1.82, 2.24) is 4.68 Å². The molecule has 2 rings (SSSR count). The minimum atomic E-state index is -0.396. The summed E-state index contributed by atoms with van der Waals surface area (Å²) < 4.78 is 6.56. The molecule has 2 amide bonds. The first-order chi connectivity index (χ1) is 10.5. The largest absolute Gasteiger partial charge is 0.462 e. The number of hydrogen-bond donors (Lipinski definition) is 2. The molecule has 0 bridgehead atoms. The van der Waals surface area contributed by atoms with E-state index in [-0.39, 0.29) is 6.03 Å². The van der Waals surface area contributed by atoms with Crippen molar-refractivity contribution in [3.8, 4) is 0 Å². The zero-order valence-corrected chi connectivity index (χ0v) is 12.8. The van der Waals surface area contributed by atoms with E-state index in [2.05, 4.69) is 10.7 Å². The van der Waals surface area contributed by atoms with E-state index < -0.39 is 5.97 Å². The van der Waals surface area contributed by atoms with Crippen LogP contribution in [0.2, 0.25) is 0 Å². The summed E-state index contributed by atoms with van der Waals surface area (Å²) in [4.78, 5) is 23.9. The van der Waals surface area contributed by atoms with Crippen LogP contribution in [0.5, 0.6) is 0 Å². The van der Waals surface area contributed by atoms with Crippen LogP contribution < -0.4 is 10.7 Å². The van der Waals surface area contributed by atoms with E-state index in [0.29, 0.717) is 23.6 Å². The predicted octanol–water partition coefficient (Wildman–Crippen LogP) is 3.06. The first-order valence-electron chi connectivity index (χ1n) is 7.02. The van der Waals surface area contributed by atoms with Crippen molar-refractivity contribution in [2.75, 3.05) is 17.3 Å². The van der Waals surface area contributed by atoms with Gasteiger partial charge in [0.1, 0.15) is 0 Å². The highest BCUT2D eigenvalue weighted by Crippen LogP contribution is 2.15. The van der Waals surface area contributed by atoms with Gasteiger partial charge in [-0.3, -0.25) is 4.68 Å². The fourth-order valence-corrected chi connectivity index (χ4v) is 2.13. The average molecular weight is 301 g/mol. The Morgan fingerprint density at radius 1 is 1.18 bits per heavy atom. The van der Waals surface area contributed by atoms with E-state index in [4.69, 9.17) is 4.74 Å². The van der Waals surface area contributed by atoms with Crippen molar-refractivity contribution in [3.63, 3.8) is 0 Å². The first kappa shape index (κ1) is 15.6. The van der Waals surface area contributed by atoms with Gasteiger partial charge in [-0.1, -0.05) is 18.2 Å². The van der Waals surface area contributed by atoms with Gasteiger partial charge in [0.25, 0.3) is 0 Å². The molecule has 0 spiro atoms. The lowest BCUT2D eigenvalue weighted by Crippen LogP contribution is -2.29. The molecule has 2 N–H and O–H groups in total. The number of amides is 2. The van der Waals surface area contributed by atoms with Crippen LogP contribution in [0.25, 0.3) is 0 Å². The number of anilines is 1. The molecule has 1 aromatic carbocycles. The van der Waals surface area contributed by atoms with Crippen molar-refractivity contribution in [2.45, 2.75) is 20.8 Å². The Balaban J connectivity index is 2.13. The highest BCUT2D eigenvalue weighted by molar-refractivity contribution is 5.96. The van der Waals surface area contributed by atoms with E-state index in [1.54, 1.807) is 43.6 Å². The minimum absolute atomic E-state index is 0.310. The normalized spacial score (nSPS) is 10.1. The number of aromatic nitrogens is 1. The van der Waals surface area contributed by atoms with Crippen LogP contribution in [0.1, 0.15) is 28.7 Å². The molecule has 6 nitrogen and oxygen atoms in total. The molecule has 0 atom stereocenters. The Bertz CT molecular complexity index is 677. The van der Waals surface area contributed by atoms with E-state index in [1.165, 1.54) is 0 Å². The predicted molar refractivity (Wildman–Crippen MR) is 84.7 cm³/mol. The lowest BCUT2D eigenvalue weighted by Gasteiger charge is -2.12. The Morgan fingerprint density at radius 2 is 1.86 bits per heavy atom. The molecule has 0 aliphatic heterocycles. The summed E-state index contributed by atoms with van der Waals surface area (Å²) in [6.45, 7) is 5.62. The Labute approximate surface area is 129 Å². The van der Waals surface area contributed by atoms with E-state index in [1.807, 2.05) is 18.2 Å². The van der Waals surface area contributed by atoms with Crippen LogP contribution in [0, 0.1) is 13.8 Å². The van der Waals surface area contributed by atoms with E-state index in [0.717, 1.165) is 5.69 Å². The number of hydrogen-bond acceptors (Lipinski definition) is 3. The van der Waals surface area contributed by atoms with Crippen molar-refractivity contribution >= 4 is 17.7 Å². The maximum Gasteiger partial charge on any atom is 0.340 e. The van der Waals surface area contributed by atoms with Crippen molar-refractivity contribution in [1.29, 1.82) is 0 Å². The van der Waals surface area contributed by atoms with Gasteiger partial charge in [-0.2, -0.15) is 0 Å². The number of nitrogens with one attached hydrogen (secondary N) is 2. The summed E-state index contributed by atoms with van der Waals surface area (Å²) in [6.07, 6.45) is 0. The van der Waals surface area contributed by atoms with Gasteiger partial charge < -0.3 is 10.1 Å². The Morgan fingerprint density at radius 3 is 2.50 bits per heavy atom. The van der Waals surface area contributed by atoms with Crippen LogP contribution in [-0.4, -0.2) is 23.3 Å². The van der Waals surface area contributed by atoms with Crippen molar-refractivity contribution in [2.24, 2.45) is 0 Å². The number of carbonyl (C=O) groups excluding carboxylic acids is 2. The van der Waals surface area contributed by atoms with Gasteiger partial charge in [0, 0.05) is 11.4 Å². The molecule has 0 aliphatic rings. The highest BCUT2D eigenvalue weighted by atomic mass is 16.5. The fourth-order valence-electron chi connectivity index (χ4n) is 2.13.